The molecule has 1 aromatic rings. The highest BCUT2D eigenvalue weighted by Crippen LogP contribution is 2.23. The Hall–Kier alpha value is -1.52. The first kappa shape index (κ1) is 19.5. The lowest BCUT2D eigenvalue weighted by atomic mass is 9.97. The first-order valence-corrected chi connectivity index (χ1v) is 8.38. The van der Waals surface area contributed by atoms with E-state index in [1.165, 1.54) is 6.08 Å². The van der Waals surface area contributed by atoms with E-state index in [0.29, 0.717) is 36.0 Å². The summed E-state index contributed by atoms with van der Waals surface area (Å²) in [4.78, 5) is 24.6. The van der Waals surface area contributed by atoms with Crippen molar-refractivity contribution in [2.24, 2.45) is 5.92 Å². The molecule has 6 heteroatoms. The molecule has 1 amide bonds. The van der Waals surface area contributed by atoms with E-state index < -0.39 is 5.97 Å². The second-order valence-electron chi connectivity index (χ2n) is 4.94. The zero-order valence-corrected chi connectivity index (χ0v) is 14.8. The van der Waals surface area contributed by atoms with E-state index in [9.17, 15) is 9.59 Å². The van der Waals surface area contributed by atoms with E-state index in [0.717, 1.165) is 5.56 Å². The smallest absolute Gasteiger partial charge is 0.306 e. The van der Waals surface area contributed by atoms with Crippen LogP contribution in [0.1, 0.15) is 32.3 Å². The average molecular weight is 358 g/mol. The van der Waals surface area contributed by atoms with E-state index in [1.807, 2.05) is 13.8 Å². The number of rotatable bonds is 3. The summed E-state index contributed by atoms with van der Waals surface area (Å²) >= 11 is 11.7. The van der Waals surface area contributed by atoms with Gasteiger partial charge in [0.1, 0.15) is 0 Å². The number of amides is 1. The van der Waals surface area contributed by atoms with Crippen LogP contribution in [0, 0.1) is 5.92 Å². The second-order valence-corrected chi connectivity index (χ2v) is 5.76. The van der Waals surface area contributed by atoms with Crippen LogP contribution < -0.4 is 0 Å². The summed E-state index contributed by atoms with van der Waals surface area (Å²) in [6, 6.07) is 5.13. The minimum absolute atomic E-state index is 0.120. The van der Waals surface area contributed by atoms with Crippen molar-refractivity contribution >= 4 is 41.2 Å². The molecule has 0 spiro atoms. The Labute approximate surface area is 146 Å². The van der Waals surface area contributed by atoms with Gasteiger partial charge >= 0.3 is 5.97 Å². The number of likely N-dealkylation sites (tertiary alicyclic amines) is 1. The minimum Gasteiger partial charge on any atom is -0.481 e. The van der Waals surface area contributed by atoms with Crippen molar-refractivity contribution in [3.63, 3.8) is 0 Å². The number of carbonyl (C=O) groups is 2. The molecule has 4 nitrogen and oxygen atoms in total. The maximum atomic E-state index is 12.0. The van der Waals surface area contributed by atoms with Crippen molar-refractivity contribution in [1.82, 2.24) is 4.90 Å². The van der Waals surface area contributed by atoms with E-state index >= 15 is 0 Å². The van der Waals surface area contributed by atoms with Gasteiger partial charge < -0.3 is 10.0 Å². The normalized spacial score (nSPS) is 15.2. The number of carboxylic acids is 1. The van der Waals surface area contributed by atoms with Crippen LogP contribution in [-0.4, -0.2) is 35.0 Å². The lowest BCUT2D eigenvalue weighted by Gasteiger charge is -2.29. The zero-order valence-electron chi connectivity index (χ0n) is 13.3. The van der Waals surface area contributed by atoms with Gasteiger partial charge in [-0.1, -0.05) is 43.1 Å². The maximum absolute atomic E-state index is 12.0. The summed E-state index contributed by atoms with van der Waals surface area (Å²) in [6.45, 7) is 4.95. The summed E-state index contributed by atoms with van der Waals surface area (Å²) in [6.07, 6.45) is 4.15. The van der Waals surface area contributed by atoms with Crippen molar-refractivity contribution in [2.45, 2.75) is 26.7 Å². The number of carboxylic acid groups (broad SMARTS) is 1. The molecule has 1 aliphatic heterocycles. The van der Waals surface area contributed by atoms with Crippen LogP contribution in [0.5, 0.6) is 0 Å². The topological polar surface area (TPSA) is 57.6 Å². The number of hydrogen-bond acceptors (Lipinski definition) is 2. The zero-order chi connectivity index (χ0) is 17.4. The molecule has 0 aromatic heterocycles. The van der Waals surface area contributed by atoms with E-state index in [-0.39, 0.29) is 11.8 Å². The van der Waals surface area contributed by atoms with Crippen LogP contribution in [0.3, 0.4) is 0 Å². The standard InChI is InChI=1S/C15H15Cl2NO3.C2H6/c16-12-3-1-10(9-13(12)17)2-4-14(19)18-7-5-11(6-8-18)15(20)21;1-2/h1-4,9,11H,5-8H2,(H,20,21);1-2H3/b4-2+;. The molecule has 0 saturated carbocycles. The number of benzene rings is 1. The first-order chi connectivity index (χ1) is 11.0. The van der Waals surface area contributed by atoms with Crippen molar-refractivity contribution < 1.29 is 14.7 Å². The van der Waals surface area contributed by atoms with Gasteiger partial charge in [0.25, 0.3) is 0 Å². The number of hydrogen-bond donors (Lipinski definition) is 1. The van der Waals surface area contributed by atoms with Gasteiger partial charge in [-0.2, -0.15) is 0 Å². The summed E-state index contributed by atoms with van der Waals surface area (Å²) in [5, 5.41) is 9.83. The summed E-state index contributed by atoms with van der Waals surface area (Å²) in [5.74, 6) is -1.24. The Morgan fingerprint density at radius 1 is 1.17 bits per heavy atom. The maximum Gasteiger partial charge on any atom is 0.306 e. The molecule has 1 saturated heterocycles. The lowest BCUT2D eigenvalue weighted by Crippen LogP contribution is -2.39. The van der Waals surface area contributed by atoms with E-state index in [4.69, 9.17) is 28.3 Å². The quantitative estimate of drug-likeness (QED) is 0.817. The van der Waals surface area contributed by atoms with Crippen LogP contribution in [0.2, 0.25) is 10.0 Å². The SMILES string of the molecule is CC.O=C(O)C1CCN(C(=O)/C=C/c2ccc(Cl)c(Cl)c2)CC1. The monoisotopic (exact) mass is 357 g/mol. The fourth-order valence-electron chi connectivity index (χ4n) is 2.24. The summed E-state index contributed by atoms with van der Waals surface area (Å²) in [7, 11) is 0. The Morgan fingerprint density at radius 2 is 1.78 bits per heavy atom. The van der Waals surface area contributed by atoms with E-state index in [2.05, 4.69) is 0 Å². The van der Waals surface area contributed by atoms with Crippen molar-refractivity contribution in [3.05, 3.63) is 39.9 Å². The molecule has 126 valence electrons. The molecular weight excluding hydrogens is 337 g/mol. The number of carbonyl (C=O) groups excluding carboxylic acids is 1. The van der Waals surface area contributed by atoms with E-state index in [1.54, 1.807) is 29.2 Å². The predicted molar refractivity (Wildman–Crippen MR) is 93.8 cm³/mol. The molecule has 0 radical (unpaired) electrons. The number of piperidine rings is 1. The molecule has 0 bridgehead atoms. The van der Waals surface area contributed by atoms with Crippen molar-refractivity contribution in [2.75, 3.05) is 13.1 Å². The molecule has 1 aliphatic rings. The van der Waals surface area contributed by atoms with Gasteiger partial charge in [0, 0.05) is 19.2 Å². The summed E-state index contributed by atoms with van der Waals surface area (Å²) < 4.78 is 0. The second kappa shape index (κ2) is 9.58. The highest BCUT2D eigenvalue weighted by atomic mass is 35.5. The highest BCUT2D eigenvalue weighted by Gasteiger charge is 2.25. The molecule has 1 fully saturated rings. The van der Waals surface area contributed by atoms with Crippen LogP contribution in [0.15, 0.2) is 24.3 Å². The molecule has 2 rings (SSSR count). The van der Waals surface area contributed by atoms with Crippen LogP contribution in [0.4, 0.5) is 0 Å². The molecule has 0 aliphatic carbocycles. The Balaban J connectivity index is 0.00000127. The van der Waals surface area contributed by atoms with Crippen LogP contribution >= 0.6 is 23.2 Å². The Bertz CT molecular complexity index is 579. The molecule has 1 heterocycles. The predicted octanol–water partition coefficient (Wildman–Crippen LogP) is 4.36. The molecule has 23 heavy (non-hydrogen) atoms. The van der Waals surface area contributed by atoms with Gasteiger partial charge in [-0.05, 0) is 36.6 Å². The molecule has 0 unspecified atom stereocenters. The molecule has 1 aromatic carbocycles. The Morgan fingerprint density at radius 3 is 2.30 bits per heavy atom. The third-order valence-corrected chi connectivity index (χ3v) is 4.26. The third-order valence-electron chi connectivity index (χ3n) is 3.52. The fourth-order valence-corrected chi connectivity index (χ4v) is 2.54. The number of halogens is 2. The van der Waals surface area contributed by atoms with Gasteiger partial charge in [0.2, 0.25) is 5.91 Å². The van der Waals surface area contributed by atoms with Crippen LogP contribution in [-0.2, 0) is 9.59 Å². The summed E-state index contributed by atoms with van der Waals surface area (Å²) in [5.41, 5.74) is 0.790. The van der Waals surface area contributed by atoms with Gasteiger partial charge in [0.15, 0.2) is 0 Å². The highest BCUT2D eigenvalue weighted by molar-refractivity contribution is 6.42. The minimum atomic E-state index is -0.784. The van der Waals surface area contributed by atoms with Gasteiger partial charge in [-0.3, -0.25) is 9.59 Å². The largest absolute Gasteiger partial charge is 0.481 e. The number of nitrogens with zero attached hydrogens (tertiary/aromatic N) is 1. The van der Waals surface area contributed by atoms with Gasteiger partial charge in [0.05, 0.1) is 16.0 Å². The fraction of sp³-hybridized carbons (Fsp3) is 0.412. The van der Waals surface area contributed by atoms with Crippen LogP contribution in [0.25, 0.3) is 6.08 Å². The Kier molecular flexibility index (Phi) is 8.13. The molecule has 1 N–H and O–H groups in total. The number of aliphatic carboxylic acids is 1. The molecule has 0 atom stereocenters. The molecular formula is C17H21Cl2NO3. The first-order valence-electron chi connectivity index (χ1n) is 7.62. The average Bonchev–Trinajstić information content (AvgIpc) is 2.57. The van der Waals surface area contributed by atoms with Crippen molar-refractivity contribution in [1.29, 1.82) is 0 Å². The lowest BCUT2D eigenvalue weighted by molar-refractivity contribution is -0.144. The van der Waals surface area contributed by atoms with Crippen molar-refractivity contribution in [3.8, 4) is 0 Å². The third kappa shape index (κ3) is 5.88. The van der Waals surface area contributed by atoms with Gasteiger partial charge in [-0.15, -0.1) is 0 Å². The van der Waals surface area contributed by atoms with Gasteiger partial charge in [-0.25, -0.2) is 0 Å².